The summed E-state index contributed by atoms with van der Waals surface area (Å²) in [6.45, 7) is 8.74. The minimum Gasteiger partial charge on any atom is -0.488 e. The quantitative estimate of drug-likeness (QED) is 0.542. The molecular formula is C33H43N3O5. The van der Waals surface area contributed by atoms with Gasteiger partial charge in [0.1, 0.15) is 18.0 Å². The van der Waals surface area contributed by atoms with E-state index in [2.05, 4.69) is 4.90 Å². The third kappa shape index (κ3) is 5.21. The first-order valence-electron chi connectivity index (χ1n) is 15.1. The number of primary amides is 1. The Morgan fingerprint density at radius 1 is 1.05 bits per heavy atom. The highest BCUT2D eigenvalue weighted by molar-refractivity contribution is 5.96. The van der Waals surface area contributed by atoms with E-state index in [1.165, 1.54) is 12.8 Å². The normalized spacial score (nSPS) is 27.8. The average Bonchev–Trinajstić information content (AvgIpc) is 3.75. The first kappa shape index (κ1) is 28.0. The van der Waals surface area contributed by atoms with Crippen molar-refractivity contribution in [3.63, 3.8) is 0 Å². The molecule has 3 atom stereocenters. The van der Waals surface area contributed by atoms with Gasteiger partial charge < -0.3 is 25.2 Å². The minimum absolute atomic E-state index is 0.0975. The highest BCUT2D eigenvalue weighted by Gasteiger charge is 2.63. The molecule has 2 aliphatic heterocycles. The third-order valence-corrected chi connectivity index (χ3v) is 9.70. The molecule has 2 bridgehead atoms. The molecule has 3 fully saturated rings. The van der Waals surface area contributed by atoms with Gasteiger partial charge in [0.05, 0.1) is 11.2 Å². The molecule has 8 nitrogen and oxygen atoms in total. The first-order chi connectivity index (χ1) is 19.5. The predicted molar refractivity (Wildman–Crippen MR) is 156 cm³/mol. The van der Waals surface area contributed by atoms with E-state index in [1.807, 2.05) is 63.2 Å². The molecule has 2 heterocycles. The number of benzene rings is 2. The van der Waals surface area contributed by atoms with E-state index in [9.17, 15) is 14.7 Å². The lowest BCUT2D eigenvalue weighted by atomic mass is 9.52. The maximum Gasteiger partial charge on any atom is 0.410 e. The van der Waals surface area contributed by atoms with Crippen molar-refractivity contribution >= 4 is 12.0 Å². The van der Waals surface area contributed by atoms with E-state index in [1.54, 1.807) is 4.90 Å². The maximum atomic E-state index is 13.2. The Balaban J connectivity index is 1.40. The van der Waals surface area contributed by atoms with Crippen LogP contribution in [0.15, 0.2) is 42.5 Å². The average molecular weight is 562 g/mol. The Bertz CT molecular complexity index is 1320. The first-order valence-corrected chi connectivity index (χ1v) is 15.1. The molecule has 4 aliphatic rings. The molecule has 3 unspecified atom stereocenters. The highest BCUT2D eigenvalue weighted by atomic mass is 16.6. The van der Waals surface area contributed by atoms with Crippen LogP contribution in [0.25, 0.3) is 0 Å². The Morgan fingerprint density at radius 2 is 1.76 bits per heavy atom. The van der Waals surface area contributed by atoms with E-state index in [0.717, 1.165) is 36.2 Å². The second kappa shape index (κ2) is 10.3. The predicted octanol–water partition coefficient (Wildman–Crippen LogP) is 4.40. The van der Waals surface area contributed by atoms with Crippen molar-refractivity contribution < 1.29 is 24.2 Å². The number of likely N-dealkylation sites (tertiary alicyclic amines) is 2. The number of hydrogen-bond acceptors (Lipinski definition) is 6. The van der Waals surface area contributed by atoms with Crippen molar-refractivity contribution in [2.24, 2.45) is 11.7 Å². The smallest absolute Gasteiger partial charge is 0.410 e. The highest BCUT2D eigenvalue weighted by Crippen LogP contribution is 2.57. The van der Waals surface area contributed by atoms with Crippen LogP contribution in [0.2, 0.25) is 0 Å². The van der Waals surface area contributed by atoms with Gasteiger partial charge in [0.2, 0.25) is 0 Å². The molecule has 220 valence electrons. The van der Waals surface area contributed by atoms with Crippen LogP contribution in [0.3, 0.4) is 0 Å². The lowest BCUT2D eigenvalue weighted by molar-refractivity contribution is -0.149. The number of nitrogens with two attached hydrogens (primary N) is 1. The fourth-order valence-electron chi connectivity index (χ4n) is 7.47. The zero-order valence-corrected chi connectivity index (χ0v) is 24.5. The van der Waals surface area contributed by atoms with Gasteiger partial charge in [-0.25, -0.2) is 4.79 Å². The van der Waals surface area contributed by atoms with Gasteiger partial charge >= 0.3 is 6.09 Å². The van der Waals surface area contributed by atoms with Gasteiger partial charge in [0, 0.05) is 31.1 Å². The molecular weight excluding hydrogens is 518 g/mol. The fraction of sp³-hybridized carbons (Fsp3) is 0.576. The number of ether oxygens (including phenoxy) is 2. The van der Waals surface area contributed by atoms with E-state index in [4.69, 9.17) is 15.2 Å². The number of piperidine rings is 1. The number of fused-ring (bicyclic) bond motifs is 1. The molecule has 2 aromatic rings. The molecule has 8 heteroatoms. The number of carbonyl (C=O) groups excluding carboxylic acids is 2. The van der Waals surface area contributed by atoms with Crippen LogP contribution in [-0.2, 0) is 23.2 Å². The number of hydrogen-bond donors (Lipinski definition) is 2. The Morgan fingerprint density at radius 3 is 2.44 bits per heavy atom. The van der Waals surface area contributed by atoms with Crippen molar-refractivity contribution in [1.82, 2.24) is 9.80 Å². The molecule has 2 aromatic carbocycles. The van der Waals surface area contributed by atoms with Gasteiger partial charge in [-0.05, 0) is 101 Å². The van der Waals surface area contributed by atoms with Crippen molar-refractivity contribution in [3.05, 3.63) is 64.7 Å². The van der Waals surface area contributed by atoms with Gasteiger partial charge in [0.25, 0.3) is 5.91 Å². The summed E-state index contributed by atoms with van der Waals surface area (Å²) in [7, 11) is 0. The number of rotatable bonds is 6. The van der Waals surface area contributed by atoms with Crippen molar-refractivity contribution in [2.45, 2.75) is 88.6 Å². The van der Waals surface area contributed by atoms with Gasteiger partial charge in [-0.1, -0.05) is 30.3 Å². The van der Waals surface area contributed by atoms with Crippen molar-refractivity contribution in [1.29, 1.82) is 0 Å². The lowest BCUT2D eigenvalue weighted by Crippen LogP contribution is -2.71. The molecule has 3 N–H and O–H groups in total. The molecule has 0 spiro atoms. The SMILES string of the molecule is CC(C)(C)OC(=O)N1CCC23CCN(CC4CC4)C(Cc4cc(C(N)=O)c(OCc5ccccc5)cc42)C3(O)CC1. The number of nitrogens with zero attached hydrogens (tertiary/aromatic N) is 2. The molecule has 0 aromatic heterocycles. The van der Waals surface area contributed by atoms with E-state index in [0.29, 0.717) is 56.2 Å². The summed E-state index contributed by atoms with van der Waals surface area (Å²) in [4.78, 5) is 30.0. The van der Waals surface area contributed by atoms with Crippen molar-refractivity contribution in [2.75, 3.05) is 26.2 Å². The van der Waals surface area contributed by atoms with Crippen LogP contribution in [0.5, 0.6) is 5.75 Å². The molecule has 0 radical (unpaired) electrons. The van der Waals surface area contributed by atoms with Gasteiger partial charge in [-0.3, -0.25) is 9.69 Å². The minimum atomic E-state index is -1.03. The number of carbonyl (C=O) groups is 2. The Hall–Kier alpha value is -3.10. The molecule has 41 heavy (non-hydrogen) atoms. The van der Waals surface area contributed by atoms with Crippen LogP contribution < -0.4 is 10.5 Å². The standard InChI is InChI=1S/C33H43N3O5/c1-31(2,3)41-30(38)35-14-11-32-12-15-36(20-22-9-10-22)28(33(32,39)13-16-35)18-24-17-25(29(34)37)27(19-26(24)32)40-21-23-7-5-4-6-8-23/h4-8,17,19,22,28,39H,9-16,18,20-21H2,1-3H3,(H2,34,37). The lowest BCUT2D eigenvalue weighted by Gasteiger charge is -2.61. The van der Waals surface area contributed by atoms with Crippen LogP contribution in [0.1, 0.15) is 79.9 Å². The second-order valence-corrected chi connectivity index (χ2v) is 13.5. The van der Waals surface area contributed by atoms with Crippen LogP contribution >= 0.6 is 0 Å². The molecule has 1 saturated carbocycles. The summed E-state index contributed by atoms with van der Waals surface area (Å²) in [5.41, 5.74) is 7.12. The summed E-state index contributed by atoms with van der Waals surface area (Å²) < 4.78 is 12.0. The van der Waals surface area contributed by atoms with Gasteiger partial charge in [-0.15, -0.1) is 0 Å². The van der Waals surface area contributed by atoms with E-state index >= 15 is 0 Å². The Labute approximate surface area is 242 Å². The van der Waals surface area contributed by atoms with Crippen LogP contribution in [0.4, 0.5) is 4.79 Å². The van der Waals surface area contributed by atoms with E-state index in [-0.39, 0.29) is 12.1 Å². The molecule has 2 aliphatic carbocycles. The van der Waals surface area contributed by atoms with Gasteiger partial charge in [0.15, 0.2) is 0 Å². The molecule has 2 amide bonds. The van der Waals surface area contributed by atoms with Crippen LogP contribution in [-0.4, -0.2) is 70.3 Å². The van der Waals surface area contributed by atoms with Crippen LogP contribution in [0, 0.1) is 5.92 Å². The topological polar surface area (TPSA) is 105 Å². The summed E-state index contributed by atoms with van der Waals surface area (Å²) in [5.74, 6) is 0.613. The number of amides is 2. The monoisotopic (exact) mass is 561 g/mol. The summed E-state index contributed by atoms with van der Waals surface area (Å²) in [6, 6.07) is 13.6. The summed E-state index contributed by atoms with van der Waals surface area (Å²) >= 11 is 0. The second-order valence-electron chi connectivity index (χ2n) is 13.5. The largest absolute Gasteiger partial charge is 0.488 e. The third-order valence-electron chi connectivity index (χ3n) is 9.70. The Kier molecular flexibility index (Phi) is 7.05. The zero-order chi connectivity index (χ0) is 29.0. The maximum absolute atomic E-state index is 13.2. The van der Waals surface area contributed by atoms with E-state index < -0.39 is 22.5 Å². The number of aliphatic hydroxyl groups is 1. The summed E-state index contributed by atoms with van der Waals surface area (Å²) in [5, 5.41) is 12.8. The summed E-state index contributed by atoms with van der Waals surface area (Å²) in [6.07, 6.45) is 4.62. The molecule has 2 saturated heterocycles. The molecule has 6 rings (SSSR count). The van der Waals surface area contributed by atoms with Gasteiger partial charge in [-0.2, -0.15) is 0 Å². The fourth-order valence-corrected chi connectivity index (χ4v) is 7.47. The van der Waals surface area contributed by atoms with Crippen molar-refractivity contribution in [3.8, 4) is 5.75 Å². The zero-order valence-electron chi connectivity index (χ0n) is 24.5.